The molecule has 0 spiro atoms. The van der Waals surface area contributed by atoms with Crippen molar-refractivity contribution in [3.8, 4) is 0 Å². The minimum atomic E-state index is -0.979. The molecule has 3 heteroatoms. The van der Waals surface area contributed by atoms with Gasteiger partial charge in [0.15, 0.2) is 0 Å². The van der Waals surface area contributed by atoms with Crippen LogP contribution in [0.5, 0.6) is 0 Å². The van der Waals surface area contributed by atoms with Gasteiger partial charge in [-0.3, -0.25) is 4.99 Å². The molecule has 1 N–H and O–H groups in total. The van der Waals surface area contributed by atoms with Crippen molar-refractivity contribution in [3.05, 3.63) is 36.5 Å². The highest BCUT2D eigenvalue weighted by Crippen LogP contribution is 1.95. The lowest BCUT2D eigenvalue weighted by atomic mass is 10.2. The van der Waals surface area contributed by atoms with Gasteiger partial charge < -0.3 is 5.11 Å². The Morgan fingerprint density at radius 1 is 1.58 bits per heavy atom. The van der Waals surface area contributed by atoms with Crippen LogP contribution in [0.15, 0.2) is 41.4 Å². The second kappa shape index (κ2) is 6.09. The number of allylic oxidation sites excluding steroid dienone is 3. The first-order valence-corrected chi connectivity index (χ1v) is 3.37. The van der Waals surface area contributed by atoms with Crippen molar-refractivity contribution in [3.63, 3.8) is 0 Å². The van der Waals surface area contributed by atoms with Gasteiger partial charge in [-0.05, 0) is 12.2 Å². The third kappa shape index (κ3) is 4.22. The molecule has 0 rings (SSSR count). The maximum absolute atomic E-state index is 10.5. The molecule has 0 unspecified atom stereocenters. The zero-order chi connectivity index (χ0) is 9.40. The Labute approximate surface area is 71.4 Å². The summed E-state index contributed by atoms with van der Waals surface area (Å²) in [6.45, 7) is 3.43. The molecule has 0 aliphatic heterocycles. The van der Waals surface area contributed by atoms with Gasteiger partial charge in [0.05, 0.1) is 5.57 Å². The quantitative estimate of drug-likeness (QED) is 0.389. The van der Waals surface area contributed by atoms with E-state index in [2.05, 4.69) is 11.6 Å². The first-order chi connectivity index (χ1) is 5.72. The Bertz CT molecular complexity index is 249. The summed E-state index contributed by atoms with van der Waals surface area (Å²) in [6, 6.07) is 0. The molecule has 0 saturated carbocycles. The normalized spacial score (nSPS) is 12.6. The highest BCUT2D eigenvalue weighted by atomic mass is 16.4. The van der Waals surface area contributed by atoms with E-state index in [0.717, 1.165) is 0 Å². The molecule has 12 heavy (non-hydrogen) atoms. The highest BCUT2D eigenvalue weighted by Gasteiger charge is 1.99. The molecule has 0 radical (unpaired) electrons. The second-order valence-corrected chi connectivity index (χ2v) is 1.93. The van der Waals surface area contributed by atoms with Gasteiger partial charge in [0.25, 0.3) is 0 Å². The van der Waals surface area contributed by atoms with Crippen molar-refractivity contribution in [2.45, 2.75) is 0 Å². The van der Waals surface area contributed by atoms with E-state index in [0.29, 0.717) is 0 Å². The third-order valence-corrected chi connectivity index (χ3v) is 1.06. The zero-order valence-corrected chi connectivity index (χ0v) is 6.90. The smallest absolute Gasteiger partial charge is 0.335 e. The number of aliphatic carboxylic acids is 1. The Balaban J connectivity index is 4.54. The first kappa shape index (κ1) is 10.4. The molecule has 0 aliphatic rings. The van der Waals surface area contributed by atoms with Crippen LogP contribution >= 0.6 is 0 Å². The lowest BCUT2D eigenvalue weighted by Gasteiger charge is -1.89. The summed E-state index contributed by atoms with van der Waals surface area (Å²) in [4.78, 5) is 14.1. The van der Waals surface area contributed by atoms with E-state index < -0.39 is 5.97 Å². The van der Waals surface area contributed by atoms with Crippen molar-refractivity contribution in [1.82, 2.24) is 0 Å². The van der Waals surface area contributed by atoms with E-state index >= 15 is 0 Å². The van der Waals surface area contributed by atoms with Gasteiger partial charge in [-0.25, -0.2) is 4.79 Å². The minimum absolute atomic E-state index is 0.181. The van der Waals surface area contributed by atoms with E-state index in [9.17, 15) is 4.79 Å². The van der Waals surface area contributed by atoms with E-state index in [-0.39, 0.29) is 5.57 Å². The molecule has 0 heterocycles. The van der Waals surface area contributed by atoms with Crippen molar-refractivity contribution in [2.75, 3.05) is 7.05 Å². The number of aliphatic imine (C=N–C) groups is 1. The molecule has 64 valence electrons. The number of nitrogens with zero attached hydrogens (tertiary/aromatic N) is 1. The number of carbonyl (C=O) groups is 1. The molecule has 0 aromatic carbocycles. The summed E-state index contributed by atoms with van der Waals surface area (Å²) < 4.78 is 0. The molecular weight excluding hydrogens is 154 g/mol. The maximum Gasteiger partial charge on any atom is 0.335 e. The van der Waals surface area contributed by atoms with Crippen molar-refractivity contribution in [1.29, 1.82) is 0 Å². The summed E-state index contributed by atoms with van der Waals surface area (Å²) in [6.07, 6.45) is 7.37. The average Bonchev–Trinajstić information content (AvgIpc) is 2.04. The minimum Gasteiger partial charge on any atom is -0.478 e. The molecular formula is C9H11NO2. The Morgan fingerprint density at radius 2 is 2.25 bits per heavy atom. The summed E-state index contributed by atoms with van der Waals surface area (Å²) in [7, 11) is 1.58. The summed E-state index contributed by atoms with van der Waals surface area (Å²) in [5.41, 5.74) is 0.181. The highest BCUT2D eigenvalue weighted by molar-refractivity contribution is 5.94. The van der Waals surface area contributed by atoms with Crippen LogP contribution in [-0.4, -0.2) is 24.3 Å². The van der Waals surface area contributed by atoms with Crippen LogP contribution in [0.2, 0.25) is 0 Å². The van der Waals surface area contributed by atoms with Gasteiger partial charge in [-0.1, -0.05) is 18.7 Å². The molecule has 0 saturated heterocycles. The third-order valence-electron chi connectivity index (χ3n) is 1.06. The van der Waals surface area contributed by atoms with E-state index in [4.69, 9.17) is 5.11 Å². The van der Waals surface area contributed by atoms with E-state index in [1.165, 1.54) is 24.4 Å². The first-order valence-electron chi connectivity index (χ1n) is 3.37. The van der Waals surface area contributed by atoms with Crippen molar-refractivity contribution >= 4 is 12.2 Å². The van der Waals surface area contributed by atoms with Crippen molar-refractivity contribution < 1.29 is 9.90 Å². The standard InChI is InChI=1S/C9H11NO2/c1-3-4-5-8(9(11)12)6-7-10-2/h3-7H,1H2,2H3,(H,11,12)/b5-4-,8-6+,10-7?. The van der Waals surface area contributed by atoms with Gasteiger partial charge in [-0.2, -0.15) is 0 Å². The second-order valence-electron chi connectivity index (χ2n) is 1.93. The zero-order valence-electron chi connectivity index (χ0n) is 6.90. The van der Waals surface area contributed by atoms with Gasteiger partial charge in [0.2, 0.25) is 0 Å². The largest absolute Gasteiger partial charge is 0.478 e. The van der Waals surface area contributed by atoms with Crippen LogP contribution in [0, 0.1) is 0 Å². The predicted octanol–water partition coefficient (Wildman–Crippen LogP) is 1.44. The molecule has 0 atom stereocenters. The van der Waals surface area contributed by atoms with Gasteiger partial charge in [0, 0.05) is 13.3 Å². The van der Waals surface area contributed by atoms with Crippen LogP contribution in [0.1, 0.15) is 0 Å². The maximum atomic E-state index is 10.5. The Kier molecular flexibility index (Phi) is 5.26. The van der Waals surface area contributed by atoms with Crippen LogP contribution < -0.4 is 0 Å². The monoisotopic (exact) mass is 165 g/mol. The van der Waals surface area contributed by atoms with E-state index in [1.54, 1.807) is 13.1 Å². The van der Waals surface area contributed by atoms with Crippen molar-refractivity contribution in [2.24, 2.45) is 4.99 Å². The fourth-order valence-electron chi connectivity index (χ4n) is 0.525. The fraction of sp³-hybridized carbons (Fsp3) is 0.111. The van der Waals surface area contributed by atoms with Crippen LogP contribution in [0.25, 0.3) is 0 Å². The number of carboxylic acids is 1. The number of hydrogen-bond acceptors (Lipinski definition) is 2. The molecule has 0 bridgehead atoms. The Hall–Kier alpha value is -1.64. The van der Waals surface area contributed by atoms with Gasteiger partial charge in [-0.15, -0.1) is 0 Å². The molecule has 0 aromatic rings. The van der Waals surface area contributed by atoms with E-state index in [1.807, 2.05) is 0 Å². The van der Waals surface area contributed by atoms with Crippen LogP contribution in [-0.2, 0) is 4.79 Å². The Morgan fingerprint density at radius 3 is 2.67 bits per heavy atom. The molecule has 0 aromatic heterocycles. The van der Waals surface area contributed by atoms with Crippen LogP contribution in [0.4, 0.5) is 0 Å². The summed E-state index contributed by atoms with van der Waals surface area (Å²) in [5, 5.41) is 8.61. The molecule has 0 fully saturated rings. The van der Waals surface area contributed by atoms with Crippen LogP contribution in [0.3, 0.4) is 0 Å². The molecule has 3 nitrogen and oxygen atoms in total. The number of hydrogen-bond donors (Lipinski definition) is 1. The number of rotatable bonds is 4. The van der Waals surface area contributed by atoms with Gasteiger partial charge in [0.1, 0.15) is 0 Å². The lowest BCUT2D eigenvalue weighted by molar-refractivity contribution is -0.132. The molecule has 0 aliphatic carbocycles. The SMILES string of the molecule is C=C/C=C\C(=C/C=NC)C(=O)O. The topological polar surface area (TPSA) is 49.7 Å². The molecule has 0 amide bonds. The lowest BCUT2D eigenvalue weighted by Crippen LogP contribution is -1.97. The number of carboxylic acid groups (broad SMARTS) is 1. The fourth-order valence-corrected chi connectivity index (χ4v) is 0.525. The summed E-state index contributed by atoms with van der Waals surface area (Å²) in [5.74, 6) is -0.979. The predicted molar refractivity (Wildman–Crippen MR) is 49.5 cm³/mol. The average molecular weight is 165 g/mol. The summed E-state index contributed by atoms with van der Waals surface area (Å²) >= 11 is 0. The van der Waals surface area contributed by atoms with Gasteiger partial charge >= 0.3 is 5.97 Å².